The number of ether oxygens (including phenoxy) is 1. The van der Waals surface area contributed by atoms with Crippen molar-refractivity contribution in [3.8, 4) is 0 Å². The lowest BCUT2D eigenvalue weighted by Gasteiger charge is -2.20. The number of ketones is 2. The molecular weight excluding hydrogens is 428 g/mol. The Hall–Kier alpha value is -2.34. The molecule has 0 aliphatic carbocycles. The highest BCUT2D eigenvalue weighted by Crippen LogP contribution is 2.27. The van der Waals surface area contributed by atoms with Gasteiger partial charge in [0.2, 0.25) is 0 Å². The van der Waals surface area contributed by atoms with Gasteiger partial charge >= 0.3 is 0 Å². The molecular formula is C29H40O5. The van der Waals surface area contributed by atoms with Crippen molar-refractivity contribution in [2.45, 2.75) is 97.1 Å². The van der Waals surface area contributed by atoms with E-state index in [1.165, 1.54) is 47.0 Å². The minimum Gasteiger partial charge on any atom is -0.382 e. The molecule has 2 aromatic carbocycles. The van der Waals surface area contributed by atoms with E-state index < -0.39 is 11.2 Å². The van der Waals surface area contributed by atoms with E-state index in [9.17, 15) is 19.8 Å². The van der Waals surface area contributed by atoms with Crippen molar-refractivity contribution in [1.82, 2.24) is 0 Å². The zero-order valence-corrected chi connectivity index (χ0v) is 21.3. The van der Waals surface area contributed by atoms with Crippen LogP contribution in [-0.2, 0) is 11.3 Å². The average molecular weight is 469 g/mol. The van der Waals surface area contributed by atoms with Gasteiger partial charge < -0.3 is 14.9 Å². The third kappa shape index (κ3) is 8.46. The summed E-state index contributed by atoms with van der Waals surface area (Å²) in [5.74, 6) is -0.623. The Bertz CT molecular complexity index is 915. The predicted molar refractivity (Wildman–Crippen MR) is 135 cm³/mol. The molecule has 0 spiro atoms. The number of hydrogen-bond donors (Lipinski definition) is 2. The molecule has 2 rings (SSSR count). The van der Waals surface area contributed by atoms with Crippen LogP contribution in [0.3, 0.4) is 0 Å². The first-order valence-electron chi connectivity index (χ1n) is 12.3. The molecule has 1 unspecified atom stereocenters. The van der Waals surface area contributed by atoms with E-state index in [1.807, 2.05) is 24.3 Å². The van der Waals surface area contributed by atoms with Crippen LogP contribution in [0.4, 0.5) is 0 Å². The SMILES string of the molecule is CCCCCCCC(OCc1ccc(C(=O)C(C)(C)O)cc1)c1ccc(C(=O)C(C)(C)O)cc1. The van der Waals surface area contributed by atoms with Gasteiger partial charge in [-0.3, -0.25) is 9.59 Å². The number of unbranched alkanes of at least 4 members (excludes halogenated alkanes) is 4. The zero-order valence-electron chi connectivity index (χ0n) is 21.3. The first-order chi connectivity index (χ1) is 15.9. The Morgan fingerprint density at radius 1 is 0.765 bits per heavy atom. The van der Waals surface area contributed by atoms with Gasteiger partial charge in [0.1, 0.15) is 11.2 Å². The van der Waals surface area contributed by atoms with E-state index in [2.05, 4.69) is 6.92 Å². The summed E-state index contributed by atoms with van der Waals surface area (Å²) in [7, 11) is 0. The molecule has 0 fully saturated rings. The van der Waals surface area contributed by atoms with Gasteiger partial charge in [-0.2, -0.15) is 0 Å². The lowest BCUT2D eigenvalue weighted by Crippen LogP contribution is -2.31. The third-order valence-corrected chi connectivity index (χ3v) is 5.89. The minimum atomic E-state index is -1.41. The van der Waals surface area contributed by atoms with Crippen molar-refractivity contribution < 1.29 is 24.5 Å². The van der Waals surface area contributed by atoms with E-state index in [-0.39, 0.29) is 17.7 Å². The molecule has 1 atom stereocenters. The van der Waals surface area contributed by atoms with Crippen molar-refractivity contribution in [2.24, 2.45) is 0 Å². The molecule has 0 heterocycles. The molecule has 2 N–H and O–H groups in total. The Morgan fingerprint density at radius 2 is 1.24 bits per heavy atom. The molecule has 0 aliphatic heterocycles. The molecule has 0 radical (unpaired) electrons. The van der Waals surface area contributed by atoms with E-state index in [0.717, 1.165) is 30.4 Å². The van der Waals surface area contributed by atoms with Crippen LogP contribution >= 0.6 is 0 Å². The number of benzene rings is 2. The summed E-state index contributed by atoms with van der Waals surface area (Å²) in [6.45, 7) is 8.54. The highest BCUT2D eigenvalue weighted by Gasteiger charge is 2.26. The molecule has 5 nitrogen and oxygen atoms in total. The minimum absolute atomic E-state index is 0.120. The summed E-state index contributed by atoms with van der Waals surface area (Å²) in [4.78, 5) is 24.6. The average Bonchev–Trinajstić information content (AvgIpc) is 2.79. The molecule has 0 aliphatic rings. The fraction of sp³-hybridized carbons (Fsp3) is 0.517. The second-order valence-electron chi connectivity index (χ2n) is 10.1. The number of rotatable bonds is 14. The van der Waals surface area contributed by atoms with Crippen LogP contribution in [0.25, 0.3) is 0 Å². The van der Waals surface area contributed by atoms with Crippen molar-refractivity contribution in [2.75, 3.05) is 0 Å². The van der Waals surface area contributed by atoms with Crippen LogP contribution in [0.5, 0.6) is 0 Å². The number of hydrogen-bond acceptors (Lipinski definition) is 5. The monoisotopic (exact) mass is 468 g/mol. The fourth-order valence-corrected chi connectivity index (χ4v) is 3.78. The maximum Gasteiger partial charge on any atom is 0.193 e. The first-order valence-corrected chi connectivity index (χ1v) is 12.3. The topological polar surface area (TPSA) is 83.8 Å². The number of carbonyl (C=O) groups excluding carboxylic acids is 2. The molecule has 0 aromatic heterocycles. The number of Topliss-reactive ketones (excluding diaryl/α,β-unsaturated/α-hetero) is 2. The van der Waals surface area contributed by atoms with E-state index in [0.29, 0.717) is 17.7 Å². The largest absolute Gasteiger partial charge is 0.382 e. The van der Waals surface area contributed by atoms with Crippen LogP contribution in [0.1, 0.15) is 111 Å². The molecule has 0 bridgehead atoms. The van der Waals surface area contributed by atoms with Gasteiger partial charge in [0, 0.05) is 11.1 Å². The van der Waals surface area contributed by atoms with Crippen LogP contribution in [0.15, 0.2) is 48.5 Å². The van der Waals surface area contributed by atoms with Crippen molar-refractivity contribution in [3.05, 3.63) is 70.8 Å². The van der Waals surface area contributed by atoms with Gasteiger partial charge in [-0.15, -0.1) is 0 Å². The first kappa shape index (κ1) is 27.9. The van der Waals surface area contributed by atoms with Gasteiger partial charge in [-0.1, -0.05) is 87.6 Å². The van der Waals surface area contributed by atoms with E-state index in [1.54, 1.807) is 24.3 Å². The standard InChI is InChI=1S/C29H40O5/c1-6-7-8-9-10-11-25(22-16-18-24(19-17-22)27(31)29(4,5)33)34-20-21-12-14-23(15-13-21)26(30)28(2,3)32/h12-19,25,32-33H,6-11,20H2,1-5H3. The highest BCUT2D eigenvalue weighted by atomic mass is 16.5. The molecule has 0 amide bonds. The van der Waals surface area contributed by atoms with Crippen LogP contribution in [0.2, 0.25) is 0 Å². The second-order valence-corrected chi connectivity index (χ2v) is 10.1. The molecule has 34 heavy (non-hydrogen) atoms. The lowest BCUT2D eigenvalue weighted by atomic mass is 9.94. The van der Waals surface area contributed by atoms with Crippen LogP contribution in [0, 0.1) is 0 Å². The molecule has 0 saturated heterocycles. The smallest absolute Gasteiger partial charge is 0.193 e. The maximum atomic E-state index is 12.3. The van der Waals surface area contributed by atoms with Crippen molar-refractivity contribution >= 4 is 11.6 Å². The molecule has 0 saturated carbocycles. The summed E-state index contributed by atoms with van der Waals surface area (Å²) < 4.78 is 6.29. The maximum absolute atomic E-state index is 12.3. The summed E-state index contributed by atoms with van der Waals surface area (Å²) in [5.41, 5.74) is 0.0735. The Kier molecular flexibility index (Phi) is 10.2. The van der Waals surface area contributed by atoms with Gasteiger partial charge in [-0.05, 0) is 45.2 Å². The second kappa shape index (κ2) is 12.4. The Balaban J connectivity index is 2.10. The summed E-state index contributed by atoms with van der Waals surface area (Å²) in [6, 6.07) is 14.4. The normalized spacial score (nSPS) is 13.0. The summed E-state index contributed by atoms with van der Waals surface area (Å²) in [6.07, 6.45) is 6.59. The quantitative estimate of drug-likeness (QED) is 0.254. The summed E-state index contributed by atoms with van der Waals surface area (Å²) in [5, 5.41) is 19.9. The van der Waals surface area contributed by atoms with Crippen LogP contribution in [-0.4, -0.2) is 33.0 Å². The van der Waals surface area contributed by atoms with Gasteiger partial charge in [0.25, 0.3) is 0 Å². The lowest BCUT2D eigenvalue weighted by molar-refractivity contribution is 0.0320. The van der Waals surface area contributed by atoms with Gasteiger partial charge in [0.15, 0.2) is 11.6 Å². The highest BCUT2D eigenvalue weighted by molar-refractivity contribution is 6.02. The molecule has 5 heteroatoms. The van der Waals surface area contributed by atoms with Crippen molar-refractivity contribution in [1.29, 1.82) is 0 Å². The van der Waals surface area contributed by atoms with Gasteiger partial charge in [0.05, 0.1) is 12.7 Å². The number of carbonyl (C=O) groups is 2. The zero-order chi connectivity index (χ0) is 25.4. The third-order valence-electron chi connectivity index (χ3n) is 5.89. The van der Waals surface area contributed by atoms with E-state index >= 15 is 0 Å². The fourth-order valence-electron chi connectivity index (χ4n) is 3.78. The van der Waals surface area contributed by atoms with Crippen LogP contribution < -0.4 is 0 Å². The molecule has 186 valence electrons. The number of aliphatic hydroxyl groups is 2. The van der Waals surface area contributed by atoms with Gasteiger partial charge in [-0.25, -0.2) is 0 Å². The van der Waals surface area contributed by atoms with Crippen molar-refractivity contribution in [3.63, 3.8) is 0 Å². The molecule has 2 aromatic rings. The summed E-state index contributed by atoms with van der Waals surface area (Å²) >= 11 is 0. The Morgan fingerprint density at radius 3 is 1.71 bits per heavy atom. The Labute approximate surface area is 204 Å². The van der Waals surface area contributed by atoms with E-state index in [4.69, 9.17) is 4.74 Å². The predicted octanol–water partition coefficient (Wildman–Crippen LogP) is 6.21.